The minimum Gasteiger partial charge on any atom is -0.351 e. The molecule has 0 bridgehead atoms. The van der Waals surface area contributed by atoms with Gasteiger partial charge in [0, 0.05) is 42.0 Å². The first-order valence-electron chi connectivity index (χ1n) is 4.26. The van der Waals surface area contributed by atoms with Crippen molar-refractivity contribution in [2.75, 3.05) is 5.32 Å². The lowest BCUT2D eigenvalue weighted by Crippen LogP contribution is -1.85. The molecule has 3 rings (SSSR count). The van der Waals surface area contributed by atoms with Crippen molar-refractivity contribution in [3.63, 3.8) is 0 Å². The molecule has 3 heterocycles. The molecule has 0 atom stereocenters. The van der Waals surface area contributed by atoms with Crippen LogP contribution in [-0.2, 0) is 0 Å². The topological polar surface area (TPSA) is 37.3 Å². The van der Waals surface area contributed by atoms with E-state index in [2.05, 4.69) is 15.3 Å². The van der Waals surface area contributed by atoms with Gasteiger partial charge in [-0.3, -0.25) is 9.98 Å². The Morgan fingerprint density at radius 1 is 1.36 bits per heavy atom. The van der Waals surface area contributed by atoms with E-state index in [1.165, 1.54) is 10.1 Å². The highest BCUT2D eigenvalue weighted by atomic mass is 32.1. The predicted octanol–water partition coefficient (Wildman–Crippen LogP) is 2.61. The Hall–Kier alpha value is -1.68. The summed E-state index contributed by atoms with van der Waals surface area (Å²) in [5.41, 5.74) is 1.15. The first kappa shape index (κ1) is 7.70. The number of hydrogen-bond acceptors (Lipinski definition) is 4. The molecule has 68 valence electrons. The Morgan fingerprint density at radius 2 is 2.36 bits per heavy atom. The molecule has 4 heteroatoms. The van der Waals surface area contributed by atoms with Gasteiger partial charge >= 0.3 is 0 Å². The van der Waals surface area contributed by atoms with Crippen molar-refractivity contribution in [3.8, 4) is 0 Å². The lowest BCUT2D eigenvalue weighted by molar-refractivity contribution is 1.37. The van der Waals surface area contributed by atoms with E-state index in [0.717, 1.165) is 10.6 Å². The van der Waals surface area contributed by atoms with Crippen molar-refractivity contribution in [1.29, 1.82) is 0 Å². The van der Waals surface area contributed by atoms with Crippen LogP contribution in [0.5, 0.6) is 0 Å². The van der Waals surface area contributed by atoms with Crippen molar-refractivity contribution in [2.45, 2.75) is 0 Å². The summed E-state index contributed by atoms with van der Waals surface area (Å²) in [4.78, 5) is 8.25. The zero-order chi connectivity index (χ0) is 9.38. The Kier molecular flexibility index (Phi) is 1.61. The second kappa shape index (κ2) is 2.92. The van der Waals surface area contributed by atoms with Gasteiger partial charge in [0.1, 0.15) is 5.00 Å². The van der Waals surface area contributed by atoms with Crippen molar-refractivity contribution >= 4 is 32.6 Å². The smallest absolute Gasteiger partial charge is 0.102 e. The van der Waals surface area contributed by atoms with Gasteiger partial charge < -0.3 is 5.32 Å². The molecule has 0 spiro atoms. The van der Waals surface area contributed by atoms with Crippen LogP contribution in [0.1, 0.15) is 5.56 Å². The highest BCUT2D eigenvalue weighted by molar-refractivity contribution is 7.23. The van der Waals surface area contributed by atoms with Gasteiger partial charge in [-0.05, 0) is 6.07 Å². The molecule has 2 aromatic rings. The van der Waals surface area contributed by atoms with Crippen LogP contribution in [0.15, 0.2) is 35.9 Å². The Labute approximate surface area is 84.8 Å². The minimum atomic E-state index is 1.13. The summed E-state index contributed by atoms with van der Waals surface area (Å²) in [6.07, 6.45) is 9.16. The molecule has 0 saturated carbocycles. The summed E-state index contributed by atoms with van der Waals surface area (Å²) in [6.45, 7) is 0. The standard InChI is InChI=1S/C10H7N3S/c1-2-11-6-9-7(1)8-5-12-3-4-13-10(8)14-9/h1-6,13H. The fraction of sp³-hybridized carbons (Fsp3) is 0. The van der Waals surface area contributed by atoms with E-state index >= 15 is 0 Å². The van der Waals surface area contributed by atoms with E-state index in [0.29, 0.717) is 0 Å². The number of aliphatic imine (C=N–C) groups is 1. The van der Waals surface area contributed by atoms with Crippen molar-refractivity contribution in [3.05, 3.63) is 36.4 Å². The third-order valence-electron chi connectivity index (χ3n) is 2.11. The van der Waals surface area contributed by atoms with E-state index in [1.807, 2.05) is 30.9 Å². The van der Waals surface area contributed by atoms with Gasteiger partial charge in [0.15, 0.2) is 0 Å². The zero-order valence-corrected chi connectivity index (χ0v) is 8.08. The lowest BCUT2D eigenvalue weighted by Gasteiger charge is -1.94. The number of fused-ring (bicyclic) bond motifs is 3. The van der Waals surface area contributed by atoms with Gasteiger partial charge in [-0.1, -0.05) is 0 Å². The molecule has 14 heavy (non-hydrogen) atoms. The highest BCUT2D eigenvalue weighted by Crippen LogP contribution is 2.34. The Balaban J connectivity index is 2.37. The second-order valence-corrected chi connectivity index (χ2v) is 4.01. The van der Waals surface area contributed by atoms with Crippen LogP contribution in [0.2, 0.25) is 0 Å². The van der Waals surface area contributed by atoms with Gasteiger partial charge in [0.25, 0.3) is 0 Å². The number of rotatable bonds is 0. The van der Waals surface area contributed by atoms with Crippen LogP contribution in [0.25, 0.3) is 10.1 Å². The number of hydrogen-bond donors (Lipinski definition) is 1. The highest BCUT2D eigenvalue weighted by Gasteiger charge is 2.09. The average Bonchev–Trinajstić information content (AvgIpc) is 2.42. The molecule has 0 saturated heterocycles. The van der Waals surface area contributed by atoms with Crippen LogP contribution in [0, 0.1) is 0 Å². The maximum absolute atomic E-state index is 4.15. The molecule has 0 aliphatic carbocycles. The van der Waals surface area contributed by atoms with Gasteiger partial charge in [0.2, 0.25) is 0 Å². The van der Waals surface area contributed by atoms with E-state index in [-0.39, 0.29) is 0 Å². The molecule has 1 N–H and O–H groups in total. The third kappa shape index (κ3) is 1.04. The summed E-state index contributed by atoms with van der Waals surface area (Å²) in [6, 6.07) is 2.02. The van der Waals surface area contributed by atoms with Crippen LogP contribution < -0.4 is 5.32 Å². The third-order valence-corrected chi connectivity index (χ3v) is 3.20. The van der Waals surface area contributed by atoms with Crippen LogP contribution in [0.3, 0.4) is 0 Å². The number of thiophene rings is 1. The van der Waals surface area contributed by atoms with E-state index < -0.39 is 0 Å². The number of nitrogens with one attached hydrogen (secondary N) is 1. The molecule has 3 nitrogen and oxygen atoms in total. The fourth-order valence-electron chi connectivity index (χ4n) is 1.48. The molecule has 1 aliphatic rings. The van der Waals surface area contributed by atoms with Crippen LogP contribution >= 0.6 is 11.3 Å². The normalized spacial score (nSPS) is 13.7. The lowest BCUT2D eigenvalue weighted by atomic mass is 10.2. The zero-order valence-electron chi connectivity index (χ0n) is 7.27. The number of aromatic nitrogens is 1. The van der Waals surface area contributed by atoms with Crippen molar-refractivity contribution in [1.82, 2.24) is 4.98 Å². The molecule has 0 fully saturated rings. The van der Waals surface area contributed by atoms with Crippen molar-refractivity contribution < 1.29 is 0 Å². The fourth-order valence-corrected chi connectivity index (χ4v) is 2.50. The number of anilines is 1. The molecule has 0 unspecified atom stereocenters. The van der Waals surface area contributed by atoms with Gasteiger partial charge in [-0.25, -0.2) is 0 Å². The second-order valence-electron chi connectivity index (χ2n) is 2.95. The number of pyridine rings is 1. The number of nitrogens with zero attached hydrogens (tertiary/aromatic N) is 2. The van der Waals surface area contributed by atoms with Crippen molar-refractivity contribution in [2.24, 2.45) is 4.99 Å². The van der Waals surface area contributed by atoms with E-state index in [1.54, 1.807) is 17.5 Å². The summed E-state index contributed by atoms with van der Waals surface area (Å²) in [5.74, 6) is 0. The summed E-state index contributed by atoms with van der Waals surface area (Å²) in [5, 5.41) is 5.54. The first-order chi connectivity index (χ1) is 6.95. The largest absolute Gasteiger partial charge is 0.351 e. The van der Waals surface area contributed by atoms with Crippen LogP contribution in [0.4, 0.5) is 5.00 Å². The Bertz CT molecular complexity index is 539. The SMILES string of the molecule is C1=CNc2sc3cnccc3c2C=N1. The molecule has 2 aromatic heterocycles. The van der Waals surface area contributed by atoms with E-state index in [4.69, 9.17) is 0 Å². The molecule has 0 radical (unpaired) electrons. The average molecular weight is 201 g/mol. The van der Waals surface area contributed by atoms with Gasteiger partial charge in [-0.15, -0.1) is 11.3 Å². The molecular formula is C10H7N3S. The molecule has 0 aromatic carbocycles. The minimum absolute atomic E-state index is 1.13. The predicted molar refractivity (Wildman–Crippen MR) is 60.0 cm³/mol. The maximum atomic E-state index is 4.15. The van der Waals surface area contributed by atoms with Crippen LogP contribution in [-0.4, -0.2) is 11.2 Å². The first-order valence-corrected chi connectivity index (χ1v) is 5.08. The quantitative estimate of drug-likeness (QED) is 0.711. The monoisotopic (exact) mass is 201 g/mol. The maximum Gasteiger partial charge on any atom is 0.102 e. The summed E-state index contributed by atoms with van der Waals surface area (Å²) < 4.78 is 1.19. The molecule has 0 amide bonds. The molecule has 1 aliphatic heterocycles. The summed E-state index contributed by atoms with van der Waals surface area (Å²) in [7, 11) is 0. The Morgan fingerprint density at radius 3 is 3.36 bits per heavy atom. The van der Waals surface area contributed by atoms with Gasteiger partial charge in [0.05, 0.1) is 4.70 Å². The molecular weight excluding hydrogens is 194 g/mol. The summed E-state index contributed by atoms with van der Waals surface area (Å²) >= 11 is 1.70. The van der Waals surface area contributed by atoms with Gasteiger partial charge in [-0.2, -0.15) is 0 Å². The van der Waals surface area contributed by atoms with E-state index in [9.17, 15) is 0 Å².